The maximum Gasteiger partial charge on any atom is 0.352 e. The predicted molar refractivity (Wildman–Crippen MR) is 84.0 cm³/mol. The van der Waals surface area contributed by atoms with Gasteiger partial charge in [0.15, 0.2) is 0 Å². The molecule has 23 heavy (non-hydrogen) atoms. The average molecular weight is 406 g/mol. The van der Waals surface area contributed by atoms with Crippen LogP contribution < -0.4 is 5.32 Å². The number of rotatable bonds is 6. The van der Waals surface area contributed by atoms with Gasteiger partial charge >= 0.3 is 5.97 Å². The first-order valence-electron chi connectivity index (χ1n) is 6.31. The van der Waals surface area contributed by atoms with Gasteiger partial charge in [-0.2, -0.15) is 0 Å². The Kier molecular flexibility index (Phi) is 5.42. The minimum Gasteiger partial charge on any atom is -0.477 e. The molecule has 1 unspecified atom stereocenters. The highest BCUT2D eigenvalue weighted by molar-refractivity contribution is 9.09. The number of nitrogens with zero attached hydrogens (tertiary/aromatic N) is 2. The van der Waals surface area contributed by atoms with Crippen molar-refractivity contribution >= 4 is 57.0 Å². The van der Waals surface area contributed by atoms with Gasteiger partial charge < -0.3 is 15.3 Å². The van der Waals surface area contributed by atoms with Gasteiger partial charge in [0.2, 0.25) is 11.5 Å². The summed E-state index contributed by atoms with van der Waals surface area (Å²) < 4.78 is 0. The highest BCUT2D eigenvalue weighted by atomic mass is 79.9. The standard InChI is InChI=1S/C12H12BrN3O6S/c1-22-15-7(6(17)4-13)9(18)14-8-10(19)16-5(12(20)21)2-3-23-11(8)16/h2,8,11H,3-4H2,1H3,(H,14,18)(H,20,21)/b15-7-/t8?,11-/m1/s1. The van der Waals surface area contributed by atoms with Gasteiger partial charge in [-0.05, 0) is 6.08 Å². The lowest BCUT2D eigenvalue weighted by atomic mass is 10.0. The molecule has 0 radical (unpaired) electrons. The van der Waals surface area contributed by atoms with Crippen molar-refractivity contribution in [3.63, 3.8) is 0 Å². The zero-order valence-corrected chi connectivity index (χ0v) is 14.2. The molecule has 0 aromatic rings. The second kappa shape index (κ2) is 7.13. The smallest absolute Gasteiger partial charge is 0.352 e. The molecule has 2 aliphatic rings. The van der Waals surface area contributed by atoms with Gasteiger partial charge in [0.25, 0.3) is 11.8 Å². The van der Waals surface area contributed by atoms with Gasteiger partial charge in [0.1, 0.15) is 24.2 Å². The number of ketones is 1. The first-order chi connectivity index (χ1) is 10.9. The predicted octanol–water partition coefficient (Wildman–Crippen LogP) is -0.679. The summed E-state index contributed by atoms with van der Waals surface area (Å²) in [5.74, 6) is -2.80. The molecule has 0 saturated carbocycles. The van der Waals surface area contributed by atoms with E-state index in [1.165, 1.54) is 24.9 Å². The van der Waals surface area contributed by atoms with Crippen molar-refractivity contribution in [2.24, 2.45) is 5.16 Å². The van der Waals surface area contributed by atoms with Gasteiger partial charge in [-0.3, -0.25) is 19.3 Å². The summed E-state index contributed by atoms with van der Waals surface area (Å²) in [6.45, 7) is 0. The van der Waals surface area contributed by atoms with E-state index in [4.69, 9.17) is 5.11 Å². The van der Waals surface area contributed by atoms with Crippen molar-refractivity contribution in [1.29, 1.82) is 0 Å². The Bertz CT molecular complexity index is 634. The summed E-state index contributed by atoms with van der Waals surface area (Å²) >= 11 is 4.24. The second-order valence-corrected chi connectivity index (χ2v) is 6.17. The molecule has 1 saturated heterocycles. The summed E-state index contributed by atoms with van der Waals surface area (Å²) in [5.41, 5.74) is -0.572. The normalized spacial score (nSPS) is 23.4. The fraction of sp³-hybridized carbons (Fsp3) is 0.417. The van der Waals surface area contributed by atoms with Crippen molar-refractivity contribution < 1.29 is 29.1 Å². The lowest BCUT2D eigenvalue weighted by molar-refractivity contribution is -0.150. The van der Waals surface area contributed by atoms with E-state index in [1.54, 1.807) is 0 Å². The van der Waals surface area contributed by atoms with Gasteiger partial charge in [0, 0.05) is 5.75 Å². The number of nitrogens with one attached hydrogen (secondary N) is 1. The van der Waals surface area contributed by atoms with E-state index in [0.717, 1.165) is 4.90 Å². The molecule has 2 amide bonds. The van der Waals surface area contributed by atoms with E-state index < -0.39 is 40.7 Å². The number of carbonyl (C=O) groups excluding carboxylic acids is 3. The van der Waals surface area contributed by atoms with E-state index in [9.17, 15) is 19.2 Å². The molecule has 1 fully saturated rings. The average Bonchev–Trinajstić information content (AvgIpc) is 2.55. The minimum atomic E-state index is -1.20. The monoisotopic (exact) mass is 405 g/mol. The molecule has 2 N–H and O–H groups in total. The summed E-state index contributed by atoms with van der Waals surface area (Å²) in [5, 5.41) is 14.2. The zero-order valence-electron chi connectivity index (χ0n) is 11.8. The minimum absolute atomic E-state index is 0.105. The molecule has 2 atom stereocenters. The lowest BCUT2D eigenvalue weighted by Gasteiger charge is -2.48. The quantitative estimate of drug-likeness (QED) is 0.197. The Morgan fingerprint density at radius 3 is 2.83 bits per heavy atom. The molecule has 0 bridgehead atoms. The Morgan fingerprint density at radius 1 is 1.57 bits per heavy atom. The highest BCUT2D eigenvalue weighted by Gasteiger charge is 2.53. The molecule has 0 aromatic heterocycles. The van der Waals surface area contributed by atoms with Crippen LogP contribution in [0.25, 0.3) is 0 Å². The fourth-order valence-corrected chi connectivity index (χ4v) is 3.58. The first kappa shape index (κ1) is 17.5. The number of carbonyl (C=O) groups is 4. The molecule has 0 spiro atoms. The molecular formula is C12H12BrN3O6S. The molecule has 2 rings (SSSR count). The zero-order chi connectivity index (χ0) is 17.1. The van der Waals surface area contributed by atoms with Crippen molar-refractivity contribution in [2.75, 3.05) is 18.2 Å². The van der Waals surface area contributed by atoms with E-state index >= 15 is 0 Å². The Labute approximate surface area is 143 Å². The Hall–Kier alpha value is -1.88. The van der Waals surface area contributed by atoms with Crippen LogP contribution in [-0.2, 0) is 24.0 Å². The summed E-state index contributed by atoms with van der Waals surface area (Å²) in [6.07, 6.45) is 1.44. The van der Waals surface area contributed by atoms with Crippen LogP contribution in [0.2, 0.25) is 0 Å². The van der Waals surface area contributed by atoms with Crippen molar-refractivity contribution in [3.05, 3.63) is 11.8 Å². The number of thioether (sulfide) groups is 1. The van der Waals surface area contributed by atoms with Crippen LogP contribution in [0, 0.1) is 0 Å². The second-order valence-electron chi connectivity index (χ2n) is 4.46. The van der Waals surface area contributed by atoms with Crippen LogP contribution in [0.4, 0.5) is 0 Å². The van der Waals surface area contributed by atoms with Crippen LogP contribution in [-0.4, -0.2) is 68.9 Å². The van der Waals surface area contributed by atoms with Crippen LogP contribution in [0.3, 0.4) is 0 Å². The molecule has 124 valence electrons. The number of β-lactam (4-membered cyclic amide) rings is 1. The number of carboxylic acid groups (broad SMARTS) is 1. The Morgan fingerprint density at radius 2 is 2.26 bits per heavy atom. The number of aliphatic carboxylic acids is 1. The maximum absolute atomic E-state index is 12.1. The number of fused-ring (bicyclic) bond motifs is 1. The molecule has 0 aliphatic carbocycles. The van der Waals surface area contributed by atoms with Gasteiger partial charge in [0.05, 0.1) is 5.33 Å². The number of hydrogen-bond acceptors (Lipinski definition) is 7. The number of oxime groups is 1. The maximum atomic E-state index is 12.1. The third-order valence-electron chi connectivity index (χ3n) is 3.14. The first-order valence-corrected chi connectivity index (χ1v) is 8.48. The summed E-state index contributed by atoms with van der Waals surface area (Å²) in [6, 6.07) is -0.916. The number of hydrogen-bond donors (Lipinski definition) is 2. The molecule has 9 nitrogen and oxygen atoms in total. The fourth-order valence-electron chi connectivity index (χ4n) is 2.12. The topological polar surface area (TPSA) is 125 Å². The van der Waals surface area contributed by atoms with Crippen molar-refractivity contribution in [2.45, 2.75) is 11.4 Å². The van der Waals surface area contributed by atoms with Crippen LogP contribution in [0.15, 0.2) is 16.9 Å². The van der Waals surface area contributed by atoms with Gasteiger partial charge in [-0.1, -0.05) is 21.1 Å². The summed E-state index contributed by atoms with van der Waals surface area (Å²) in [4.78, 5) is 52.5. The summed E-state index contributed by atoms with van der Waals surface area (Å²) in [7, 11) is 1.19. The number of amides is 2. The largest absolute Gasteiger partial charge is 0.477 e. The van der Waals surface area contributed by atoms with Crippen molar-refractivity contribution in [1.82, 2.24) is 10.2 Å². The van der Waals surface area contributed by atoms with E-state index in [2.05, 4.69) is 31.2 Å². The molecule has 2 aliphatic heterocycles. The molecule has 0 aromatic carbocycles. The van der Waals surface area contributed by atoms with E-state index in [1.807, 2.05) is 0 Å². The molecular weight excluding hydrogens is 394 g/mol. The number of Topliss-reactive ketones (excluding diaryl/α,β-unsaturated/α-hetero) is 1. The third kappa shape index (κ3) is 3.24. The lowest BCUT2D eigenvalue weighted by Crippen LogP contribution is -2.70. The van der Waals surface area contributed by atoms with Gasteiger partial charge in [-0.25, -0.2) is 4.79 Å². The number of carboxylic acids is 1. The van der Waals surface area contributed by atoms with E-state index in [0.29, 0.717) is 5.75 Å². The molecule has 11 heteroatoms. The van der Waals surface area contributed by atoms with E-state index in [-0.39, 0.29) is 11.0 Å². The Balaban J connectivity index is 2.11. The van der Waals surface area contributed by atoms with Crippen LogP contribution in [0.1, 0.15) is 0 Å². The number of alkyl halides is 1. The van der Waals surface area contributed by atoms with Crippen molar-refractivity contribution in [3.8, 4) is 0 Å². The SMILES string of the molecule is CO/N=C(/C(=O)CBr)C(=O)NC1C(=O)N2C(C(=O)O)=CCS[C@H]12. The third-order valence-corrected chi connectivity index (χ3v) is 4.83. The van der Waals surface area contributed by atoms with Gasteiger partial charge in [-0.15, -0.1) is 11.8 Å². The highest BCUT2D eigenvalue weighted by Crippen LogP contribution is 2.37. The van der Waals surface area contributed by atoms with Crippen LogP contribution in [0.5, 0.6) is 0 Å². The van der Waals surface area contributed by atoms with Crippen LogP contribution >= 0.6 is 27.7 Å². The molecule has 2 heterocycles. The number of halogens is 1.